The molecular weight excluding hydrogens is 194 g/mol. The lowest BCUT2D eigenvalue weighted by Crippen LogP contribution is -2.34. The number of benzene rings is 1. The molecule has 0 bridgehead atoms. The Morgan fingerprint density at radius 1 is 1.27 bits per heavy atom. The van der Waals surface area contributed by atoms with Crippen molar-refractivity contribution in [2.45, 2.75) is 13.1 Å². The van der Waals surface area contributed by atoms with E-state index in [0.29, 0.717) is 5.75 Å². The van der Waals surface area contributed by atoms with E-state index in [1.807, 2.05) is 19.1 Å². The second-order valence-corrected chi connectivity index (χ2v) is 3.16. The molecule has 0 amide bonds. The fourth-order valence-corrected chi connectivity index (χ4v) is 1.52. The van der Waals surface area contributed by atoms with Crippen molar-refractivity contribution in [2.24, 2.45) is 11.6 Å². The lowest BCUT2D eigenvalue weighted by atomic mass is 10.1. The van der Waals surface area contributed by atoms with E-state index in [9.17, 15) is 0 Å². The minimum atomic E-state index is -0.454. The predicted octanol–water partition coefficient (Wildman–Crippen LogP) is 0.433. The van der Waals surface area contributed by atoms with Crippen LogP contribution in [-0.4, -0.2) is 14.2 Å². The molecule has 1 aromatic rings. The molecule has 5 N–H and O–H groups in total. The van der Waals surface area contributed by atoms with Crippen LogP contribution in [0.5, 0.6) is 11.5 Å². The van der Waals surface area contributed by atoms with Crippen molar-refractivity contribution in [3.05, 3.63) is 23.3 Å². The summed E-state index contributed by atoms with van der Waals surface area (Å²) in [5.74, 6) is 6.74. The number of hydrogen-bond acceptors (Lipinski definition) is 5. The summed E-state index contributed by atoms with van der Waals surface area (Å²) >= 11 is 0. The summed E-state index contributed by atoms with van der Waals surface area (Å²) in [6, 6.07) is 3.67. The predicted molar refractivity (Wildman–Crippen MR) is 58.5 cm³/mol. The summed E-state index contributed by atoms with van der Waals surface area (Å²) in [5, 5.41) is 0. The molecular formula is C10H17N3O2. The second kappa shape index (κ2) is 4.97. The van der Waals surface area contributed by atoms with Crippen LogP contribution in [0.1, 0.15) is 17.3 Å². The van der Waals surface area contributed by atoms with Crippen molar-refractivity contribution in [3.63, 3.8) is 0 Å². The summed E-state index contributed by atoms with van der Waals surface area (Å²) in [5.41, 5.74) is 9.96. The van der Waals surface area contributed by atoms with Gasteiger partial charge in [-0.1, -0.05) is 0 Å². The number of nitrogens with two attached hydrogens (primary N) is 2. The van der Waals surface area contributed by atoms with Crippen molar-refractivity contribution >= 4 is 0 Å². The molecule has 0 aliphatic rings. The maximum Gasteiger partial charge on any atom is 0.131 e. The molecule has 5 heteroatoms. The van der Waals surface area contributed by atoms with Gasteiger partial charge in [0.2, 0.25) is 0 Å². The topological polar surface area (TPSA) is 82.5 Å². The molecule has 5 nitrogen and oxygen atoms in total. The van der Waals surface area contributed by atoms with Crippen LogP contribution in [0.3, 0.4) is 0 Å². The Bertz CT molecular complexity index is 342. The molecule has 0 saturated carbocycles. The van der Waals surface area contributed by atoms with Gasteiger partial charge in [-0.15, -0.1) is 0 Å². The molecule has 1 rings (SSSR count). The number of ether oxygens (including phenoxy) is 2. The molecule has 1 unspecified atom stereocenters. The van der Waals surface area contributed by atoms with E-state index < -0.39 is 6.17 Å². The van der Waals surface area contributed by atoms with E-state index in [1.165, 1.54) is 0 Å². The van der Waals surface area contributed by atoms with E-state index in [2.05, 4.69) is 5.43 Å². The fraction of sp³-hybridized carbons (Fsp3) is 0.400. The van der Waals surface area contributed by atoms with Crippen LogP contribution in [0.4, 0.5) is 0 Å². The molecule has 1 aromatic carbocycles. The Balaban J connectivity index is 3.24. The van der Waals surface area contributed by atoms with Crippen molar-refractivity contribution in [2.75, 3.05) is 14.2 Å². The lowest BCUT2D eigenvalue weighted by molar-refractivity contribution is 0.380. The fourth-order valence-electron chi connectivity index (χ4n) is 1.52. The minimum absolute atomic E-state index is 0.454. The van der Waals surface area contributed by atoms with Gasteiger partial charge in [-0.3, -0.25) is 5.84 Å². The zero-order chi connectivity index (χ0) is 11.4. The van der Waals surface area contributed by atoms with Crippen molar-refractivity contribution in [1.82, 2.24) is 5.43 Å². The molecule has 0 aromatic heterocycles. The first-order chi connectivity index (χ1) is 7.15. The molecule has 0 aliphatic carbocycles. The third-order valence-electron chi connectivity index (χ3n) is 2.33. The highest BCUT2D eigenvalue weighted by Gasteiger charge is 2.15. The summed E-state index contributed by atoms with van der Waals surface area (Å²) in [6.45, 7) is 1.91. The molecule has 0 radical (unpaired) electrons. The number of methoxy groups -OCH3 is 2. The molecule has 15 heavy (non-hydrogen) atoms. The van der Waals surface area contributed by atoms with Gasteiger partial charge in [0.1, 0.15) is 11.5 Å². The Labute approximate surface area is 89.3 Å². The standard InChI is InChI=1S/C10H17N3O2/c1-6-8(14-2)5-4-7(9(6)15-3)10(11)13-12/h4-5,10,13H,11-12H2,1-3H3. The summed E-state index contributed by atoms with van der Waals surface area (Å²) < 4.78 is 10.5. The van der Waals surface area contributed by atoms with E-state index >= 15 is 0 Å². The first-order valence-electron chi connectivity index (χ1n) is 4.58. The quantitative estimate of drug-likeness (QED) is 0.382. The Kier molecular flexibility index (Phi) is 3.90. The Morgan fingerprint density at radius 3 is 2.40 bits per heavy atom. The number of hydrazine groups is 1. The molecule has 84 valence electrons. The summed E-state index contributed by atoms with van der Waals surface area (Å²) in [4.78, 5) is 0. The van der Waals surface area contributed by atoms with Gasteiger partial charge in [0.15, 0.2) is 0 Å². The van der Waals surface area contributed by atoms with Crippen LogP contribution in [0.25, 0.3) is 0 Å². The average Bonchev–Trinajstić information content (AvgIpc) is 2.27. The van der Waals surface area contributed by atoms with E-state index in [4.69, 9.17) is 21.1 Å². The van der Waals surface area contributed by atoms with Crippen molar-refractivity contribution < 1.29 is 9.47 Å². The van der Waals surface area contributed by atoms with Gasteiger partial charge in [-0.2, -0.15) is 0 Å². The minimum Gasteiger partial charge on any atom is -0.496 e. The highest BCUT2D eigenvalue weighted by molar-refractivity contribution is 5.50. The van der Waals surface area contributed by atoms with Crippen molar-refractivity contribution in [3.8, 4) is 11.5 Å². The monoisotopic (exact) mass is 211 g/mol. The normalized spacial score (nSPS) is 12.3. The van der Waals surface area contributed by atoms with Crippen LogP contribution in [0.15, 0.2) is 12.1 Å². The van der Waals surface area contributed by atoms with Crippen LogP contribution < -0.4 is 26.5 Å². The van der Waals surface area contributed by atoms with Crippen molar-refractivity contribution in [1.29, 1.82) is 0 Å². The number of hydrogen-bond donors (Lipinski definition) is 3. The maximum atomic E-state index is 5.77. The third kappa shape index (κ3) is 2.20. The van der Waals surface area contributed by atoms with Crippen LogP contribution in [-0.2, 0) is 0 Å². The first kappa shape index (κ1) is 11.8. The third-order valence-corrected chi connectivity index (χ3v) is 2.33. The molecule has 0 spiro atoms. The lowest BCUT2D eigenvalue weighted by Gasteiger charge is -2.18. The Hall–Kier alpha value is -1.30. The largest absolute Gasteiger partial charge is 0.496 e. The van der Waals surface area contributed by atoms with Gasteiger partial charge in [0.25, 0.3) is 0 Å². The second-order valence-electron chi connectivity index (χ2n) is 3.16. The zero-order valence-corrected chi connectivity index (χ0v) is 9.20. The molecule has 0 fully saturated rings. The average molecular weight is 211 g/mol. The SMILES string of the molecule is COc1ccc(C(N)NN)c(OC)c1C. The molecule has 1 atom stereocenters. The van der Waals surface area contributed by atoms with Gasteiger partial charge >= 0.3 is 0 Å². The van der Waals surface area contributed by atoms with Gasteiger partial charge in [-0.05, 0) is 19.1 Å². The van der Waals surface area contributed by atoms with Gasteiger partial charge < -0.3 is 15.2 Å². The molecule has 0 heterocycles. The van der Waals surface area contributed by atoms with Crippen LogP contribution in [0, 0.1) is 6.92 Å². The van der Waals surface area contributed by atoms with Crippen LogP contribution in [0.2, 0.25) is 0 Å². The first-order valence-corrected chi connectivity index (χ1v) is 4.58. The summed E-state index contributed by atoms with van der Waals surface area (Å²) in [6.07, 6.45) is -0.454. The van der Waals surface area contributed by atoms with Gasteiger partial charge in [-0.25, -0.2) is 5.43 Å². The molecule has 0 saturated heterocycles. The highest BCUT2D eigenvalue weighted by Crippen LogP contribution is 2.33. The smallest absolute Gasteiger partial charge is 0.131 e. The number of nitrogens with one attached hydrogen (secondary N) is 1. The number of rotatable bonds is 4. The van der Waals surface area contributed by atoms with E-state index in [0.717, 1.165) is 16.9 Å². The Morgan fingerprint density at radius 2 is 1.93 bits per heavy atom. The van der Waals surface area contributed by atoms with Crippen LogP contribution >= 0.6 is 0 Å². The highest BCUT2D eigenvalue weighted by atomic mass is 16.5. The van der Waals surface area contributed by atoms with E-state index in [-0.39, 0.29) is 0 Å². The zero-order valence-electron chi connectivity index (χ0n) is 9.20. The maximum absolute atomic E-state index is 5.77. The molecule has 0 aliphatic heterocycles. The van der Waals surface area contributed by atoms with Gasteiger partial charge in [0.05, 0.1) is 20.4 Å². The summed E-state index contributed by atoms with van der Waals surface area (Å²) in [7, 11) is 3.21. The van der Waals surface area contributed by atoms with E-state index in [1.54, 1.807) is 14.2 Å². The van der Waals surface area contributed by atoms with Gasteiger partial charge in [0, 0.05) is 11.1 Å².